The topological polar surface area (TPSA) is 75.6 Å². The van der Waals surface area contributed by atoms with Crippen molar-refractivity contribution >= 4 is 15.7 Å². The van der Waals surface area contributed by atoms with Crippen LogP contribution in [0.25, 0.3) is 0 Å². The lowest BCUT2D eigenvalue weighted by Gasteiger charge is -2.13. The van der Waals surface area contributed by atoms with E-state index in [1.807, 2.05) is 0 Å². The monoisotopic (exact) mass is 461 g/mol. The fourth-order valence-electron chi connectivity index (χ4n) is 3.66. The maximum Gasteiger partial charge on any atom is 0.265 e. The van der Waals surface area contributed by atoms with E-state index in [2.05, 4.69) is 11.6 Å². The first-order chi connectivity index (χ1) is 15.5. The first-order valence-electron chi connectivity index (χ1n) is 12.1. The van der Waals surface area contributed by atoms with Crippen LogP contribution in [0.1, 0.15) is 84.0 Å². The molecule has 0 spiro atoms. The van der Waals surface area contributed by atoms with E-state index >= 15 is 0 Å². The highest BCUT2D eigenvalue weighted by atomic mass is 32.2. The van der Waals surface area contributed by atoms with Crippen LogP contribution in [0.5, 0.6) is 11.5 Å². The minimum atomic E-state index is -3.78. The smallest absolute Gasteiger partial charge is 0.265 e. The predicted molar refractivity (Wildman–Crippen MR) is 132 cm³/mol. The molecule has 0 saturated carbocycles. The molecular formula is C26H39NO4S. The number of phenols is 1. The number of sulfonamides is 1. The van der Waals surface area contributed by atoms with Crippen LogP contribution in [0.15, 0.2) is 53.4 Å². The Morgan fingerprint density at radius 2 is 1.28 bits per heavy atom. The standard InChI is InChI=1S/C26H39NO4S/c1-2-3-4-5-6-7-8-9-10-11-12-15-22-31-25-16-13-14-17-26(25)32(29,30)27-23-18-20-24(28)21-19-23/h13-14,16-21,27-28H,2-12,15,22H2,1H3. The van der Waals surface area contributed by atoms with Crippen molar-refractivity contribution in [1.82, 2.24) is 0 Å². The molecule has 0 heterocycles. The molecule has 0 fully saturated rings. The Balaban J connectivity index is 1.66. The molecule has 2 aromatic rings. The van der Waals surface area contributed by atoms with Gasteiger partial charge in [0.2, 0.25) is 0 Å². The van der Waals surface area contributed by atoms with Crippen LogP contribution in [-0.4, -0.2) is 20.1 Å². The van der Waals surface area contributed by atoms with Gasteiger partial charge in [0.1, 0.15) is 16.4 Å². The maximum absolute atomic E-state index is 12.8. The third-order valence-electron chi connectivity index (χ3n) is 5.51. The molecule has 0 unspecified atom stereocenters. The van der Waals surface area contributed by atoms with Crippen molar-refractivity contribution in [2.75, 3.05) is 11.3 Å². The molecule has 0 aromatic heterocycles. The van der Waals surface area contributed by atoms with E-state index in [1.54, 1.807) is 24.3 Å². The van der Waals surface area contributed by atoms with E-state index in [4.69, 9.17) is 4.74 Å². The second-order valence-corrected chi connectivity index (χ2v) is 9.99. The molecular weight excluding hydrogens is 422 g/mol. The van der Waals surface area contributed by atoms with Gasteiger partial charge in [-0.15, -0.1) is 0 Å². The van der Waals surface area contributed by atoms with Gasteiger partial charge in [0.25, 0.3) is 10.0 Å². The molecule has 0 aliphatic heterocycles. The van der Waals surface area contributed by atoms with Crippen LogP contribution >= 0.6 is 0 Å². The quantitative estimate of drug-likeness (QED) is 0.192. The van der Waals surface area contributed by atoms with Gasteiger partial charge >= 0.3 is 0 Å². The molecule has 0 aliphatic rings. The van der Waals surface area contributed by atoms with E-state index in [0.29, 0.717) is 18.0 Å². The van der Waals surface area contributed by atoms with E-state index in [0.717, 1.165) is 12.8 Å². The second-order valence-electron chi connectivity index (χ2n) is 8.34. The zero-order valence-corrected chi connectivity index (χ0v) is 20.2. The van der Waals surface area contributed by atoms with Gasteiger partial charge in [0.05, 0.1) is 6.61 Å². The molecule has 0 amide bonds. The number of benzene rings is 2. The summed E-state index contributed by atoms with van der Waals surface area (Å²) in [6, 6.07) is 12.6. The Bertz CT molecular complexity index is 866. The van der Waals surface area contributed by atoms with Crippen LogP contribution in [0, 0.1) is 0 Å². The Hall–Kier alpha value is -2.21. The van der Waals surface area contributed by atoms with Crippen molar-refractivity contribution in [2.45, 2.75) is 88.9 Å². The summed E-state index contributed by atoms with van der Waals surface area (Å²) in [6.07, 6.45) is 15.3. The Labute approximate surface area is 194 Å². The summed E-state index contributed by atoms with van der Waals surface area (Å²) < 4.78 is 33.9. The number of para-hydroxylation sites is 1. The summed E-state index contributed by atoms with van der Waals surface area (Å²) in [4.78, 5) is 0.118. The number of ether oxygens (including phenoxy) is 1. The van der Waals surface area contributed by atoms with Gasteiger partial charge in [0.15, 0.2) is 0 Å². The largest absolute Gasteiger partial charge is 0.508 e. The molecule has 178 valence electrons. The van der Waals surface area contributed by atoms with E-state index in [-0.39, 0.29) is 10.6 Å². The Morgan fingerprint density at radius 1 is 0.750 bits per heavy atom. The van der Waals surface area contributed by atoms with Gasteiger partial charge in [-0.05, 0) is 42.8 Å². The normalized spacial score (nSPS) is 11.4. The summed E-state index contributed by atoms with van der Waals surface area (Å²) in [5, 5.41) is 9.37. The summed E-state index contributed by atoms with van der Waals surface area (Å²) in [5.41, 5.74) is 0.388. The summed E-state index contributed by atoms with van der Waals surface area (Å²) >= 11 is 0. The van der Waals surface area contributed by atoms with Crippen molar-refractivity contribution in [3.63, 3.8) is 0 Å². The number of aromatic hydroxyl groups is 1. The number of unbranched alkanes of at least 4 members (excludes halogenated alkanes) is 11. The molecule has 2 rings (SSSR count). The fraction of sp³-hybridized carbons (Fsp3) is 0.538. The van der Waals surface area contributed by atoms with Crippen LogP contribution in [-0.2, 0) is 10.0 Å². The zero-order valence-electron chi connectivity index (χ0n) is 19.4. The Morgan fingerprint density at radius 3 is 1.88 bits per heavy atom. The molecule has 2 N–H and O–H groups in total. The fourth-order valence-corrected chi connectivity index (χ4v) is 4.86. The molecule has 32 heavy (non-hydrogen) atoms. The van der Waals surface area contributed by atoms with Crippen molar-refractivity contribution < 1.29 is 18.3 Å². The number of rotatable bonds is 17. The summed E-state index contributed by atoms with van der Waals surface area (Å²) in [5.74, 6) is 0.445. The summed E-state index contributed by atoms with van der Waals surface area (Å²) in [6.45, 7) is 2.76. The number of hydrogen-bond donors (Lipinski definition) is 2. The second kappa shape index (κ2) is 14.8. The van der Waals surface area contributed by atoms with Gasteiger partial charge in [-0.3, -0.25) is 4.72 Å². The first-order valence-corrected chi connectivity index (χ1v) is 13.5. The average molecular weight is 462 g/mol. The number of nitrogens with one attached hydrogen (secondary N) is 1. The van der Waals surface area contributed by atoms with Crippen molar-refractivity contribution in [3.8, 4) is 11.5 Å². The van der Waals surface area contributed by atoms with Crippen LogP contribution in [0.3, 0.4) is 0 Å². The number of anilines is 1. The van der Waals surface area contributed by atoms with Crippen LogP contribution < -0.4 is 9.46 Å². The highest BCUT2D eigenvalue weighted by Gasteiger charge is 2.19. The van der Waals surface area contributed by atoms with Crippen molar-refractivity contribution in [3.05, 3.63) is 48.5 Å². The molecule has 6 heteroatoms. The molecule has 0 atom stereocenters. The van der Waals surface area contributed by atoms with Gasteiger partial charge < -0.3 is 9.84 Å². The van der Waals surface area contributed by atoms with Crippen LogP contribution in [0.4, 0.5) is 5.69 Å². The zero-order chi connectivity index (χ0) is 23.1. The molecule has 0 radical (unpaired) electrons. The molecule has 2 aromatic carbocycles. The van der Waals surface area contributed by atoms with Gasteiger partial charge in [-0.2, -0.15) is 0 Å². The van der Waals surface area contributed by atoms with Crippen molar-refractivity contribution in [1.29, 1.82) is 0 Å². The average Bonchev–Trinajstić information content (AvgIpc) is 2.78. The molecule has 0 aliphatic carbocycles. The molecule has 5 nitrogen and oxygen atoms in total. The third-order valence-corrected chi connectivity index (χ3v) is 6.93. The number of phenolic OH excluding ortho intramolecular Hbond substituents is 1. The third kappa shape index (κ3) is 9.94. The van der Waals surface area contributed by atoms with Crippen molar-refractivity contribution in [2.24, 2.45) is 0 Å². The lowest BCUT2D eigenvalue weighted by atomic mass is 10.1. The van der Waals surface area contributed by atoms with Crippen LogP contribution in [0.2, 0.25) is 0 Å². The van der Waals surface area contributed by atoms with Gasteiger partial charge in [0, 0.05) is 5.69 Å². The van der Waals surface area contributed by atoms with E-state index in [1.165, 1.54) is 88.5 Å². The van der Waals surface area contributed by atoms with Gasteiger partial charge in [-0.1, -0.05) is 89.7 Å². The predicted octanol–water partition coefficient (Wildman–Crippen LogP) is 7.27. The molecule has 0 saturated heterocycles. The highest BCUT2D eigenvalue weighted by molar-refractivity contribution is 7.92. The lowest BCUT2D eigenvalue weighted by molar-refractivity contribution is 0.297. The Kier molecular flexibility index (Phi) is 12.0. The maximum atomic E-state index is 12.8. The number of hydrogen-bond acceptors (Lipinski definition) is 4. The highest BCUT2D eigenvalue weighted by Crippen LogP contribution is 2.26. The SMILES string of the molecule is CCCCCCCCCCCCCCOc1ccccc1S(=O)(=O)Nc1ccc(O)cc1. The van der Waals surface area contributed by atoms with E-state index < -0.39 is 10.0 Å². The minimum absolute atomic E-state index is 0.0825. The van der Waals surface area contributed by atoms with Gasteiger partial charge in [-0.25, -0.2) is 8.42 Å². The minimum Gasteiger partial charge on any atom is -0.508 e. The molecule has 0 bridgehead atoms. The lowest BCUT2D eigenvalue weighted by Crippen LogP contribution is -2.14. The van der Waals surface area contributed by atoms with E-state index in [9.17, 15) is 13.5 Å². The summed E-state index contributed by atoms with van der Waals surface area (Å²) in [7, 11) is -3.78. The first kappa shape index (κ1) is 26.0.